The molecule has 1 aromatic carbocycles. The highest BCUT2D eigenvalue weighted by molar-refractivity contribution is 5.94. The van der Waals surface area contributed by atoms with Crippen molar-refractivity contribution in [2.45, 2.75) is 32.2 Å². The van der Waals surface area contributed by atoms with Gasteiger partial charge in [0.1, 0.15) is 0 Å². The Morgan fingerprint density at radius 1 is 1.30 bits per heavy atom. The van der Waals surface area contributed by atoms with Gasteiger partial charge in [0.2, 0.25) is 5.88 Å². The Labute approximate surface area is 158 Å². The number of rotatable bonds is 5. The lowest BCUT2D eigenvalue weighted by Gasteiger charge is -2.22. The number of aromatic nitrogens is 3. The largest absolute Gasteiger partial charge is 0.478 e. The molecule has 2 heterocycles. The minimum absolute atomic E-state index is 0.0246. The van der Waals surface area contributed by atoms with Gasteiger partial charge in [0.05, 0.1) is 24.0 Å². The monoisotopic (exact) mass is 362 g/mol. The van der Waals surface area contributed by atoms with E-state index < -0.39 is 0 Å². The summed E-state index contributed by atoms with van der Waals surface area (Å²) in [6.45, 7) is 2.50. The Morgan fingerprint density at radius 3 is 2.96 bits per heavy atom. The van der Waals surface area contributed by atoms with Crippen LogP contribution in [0.1, 0.15) is 47.4 Å². The second-order valence-electron chi connectivity index (χ2n) is 6.55. The van der Waals surface area contributed by atoms with Crippen LogP contribution in [0.4, 0.5) is 0 Å². The second kappa shape index (κ2) is 7.61. The lowest BCUT2D eigenvalue weighted by molar-refractivity contribution is 0.0932. The molecule has 1 N–H and O–H groups in total. The molecular weight excluding hydrogens is 340 g/mol. The third-order valence-electron chi connectivity index (χ3n) is 4.72. The molecule has 2 aromatic heterocycles. The van der Waals surface area contributed by atoms with E-state index in [2.05, 4.69) is 10.3 Å². The molecule has 0 fully saturated rings. The van der Waals surface area contributed by atoms with Crippen molar-refractivity contribution < 1.29 is 9.53 Å². The van der Waals surface area contributed by atoms with Crippen LogP contribution in [0, 0.1) is 0 Å². The van der Waals surface area contributed by atoms with Crippen LogP contribution in [-0.2, 0) is 6.42 Å². The molecule has 0 bridgehead atoms. The summed E-state index contributed by atoms with van der Waals surface area (Å²) in [4.78, 5) is 16.8. The molecule has 0 radical (unpaired) electrons. The number of nitrogens with one attached hydrogen (secondary N) is 1. The minimum Gasteiger partial charge on any atom is -0.478 e. The van der Waals surface area contributed by atoms with Gasteiger partial charge < -0.3 is 10.1 Å². The van der Waals surface area contributed by atoms with Crippen molar-refractivity contribution in [3.63, 3.8) is 0 Å². The molecule has 6 heteroatoms. The van der Waals surface area contributed by atoms with Gasteiger partial charge in [-0.3, -0.25) is 4.79 Å². The lowest BCUT2D eigenvalue weighted by atomic mass is 9.93. The van der Waals surface area contributed by atoms with Gasteiger partial charge >= 0.3 is 0 Å². The number of hydrogen-bond donors (Lipinski definition) is 1. The number of hydrogen-bond acceptors (Lipinski definition) is 4. The predicted molar refractivity (Wildman–Crippen MR) is 102 cm³/mol. The van der Waals surface area contributed by atoms with Crippen molar-refractivity contribution in [1.29, 1.82) is 0 Å². The number of nitrogens with zero attached hydrogens (tertiary/aromatic N) is 3. The molecule has 1 atom stereocenters. The molecule has 27 heavy (non-hydrogen) atoms. The average Bonchev–Trinajstić information content (AvgIpc) is 3.15. The van der Waals surface area contributed by atoms with Gasteiger partial charge in [0.15, 0.2) is 0 Å². The Bertz CT molecular complexity index is 936. The minimum atomic E-state index is -0.0521. The molecule has 6 nitrogen and oxygen atoms in total. The van der Waals surface area contributed by atoms with E-state index in [9.17, 15) is 4.79 Å². The van der Waals surface area contributed by atoms with Crippen molar-refractivity contribution in [3.8, 4) is 11.6 Å². The number of carbonyl (C=O) groups is 1. The molecule has 1 aliphatic rings. The van der Waals surface area contributed by atoms with Gasteiger partial charge in [-0.05, 0) is 44.4 Å². The Kier molecular flexibility index (Phi) is 4.87. The van der Waals surface area contributed by atoms with E-state index >= 15 is 0 Å². The maximum atomic E-state index is 12.6. The van der Waals surface area contributed by atoms with E-state index in [1.165, 1.54) is 0 Å². The highest BCUT2D eigenvalue weighted by atomic mass is 16.5. The standard InChI is InChI=1S/C21H22N4O2/c1-2-27-20-13-16(11-12-22-20)25-14-17-18(9-6-10-19(17)24-25)23-21(26)15-7-4-3-5-8-15/h3-5,7-8,11-14,18H,2,6,9-10H2,1H3,(H,23,26). The topological polar surface area (TPSA) is 69.0 Å². The number of pyridine rings is 1. The highest BCUT2D eigenvalue weighted by Gasteiger charge is 2.25. The fourth-order valence-electron chi connectivity index (χ4n) is 3.42. The number of ether oxygens (including phenoxy) is 1. The van der Waals surface area contributed by atoms with Gasteiger partial charge in [-0.1, -0.05) is 18.2 Å². The fourth-order valence-corrected chi connectivity index (χ4v) is 3.42. The van der Waals surface area contributed by atoms with Gasteiger partial charge in [0, 0.05) is 29.6 Å². The zero-order valence-electron chi connectivity index (χ0n) is 15.3. The molecule has 0 spiro atoms. The van der Waals surface area contributed by atoms with Crippen molar-refractivity contribution in [1.82, 2.24) is 20.1 Å². The van der Waals surface area contributed by atoms with E-state index in [0.717, 1.165) is 36.2 Å². The van der Waals surface area contributed by atoms with Crippen LogP contribution in [0.25, 0.3) is 5.69 Å². The zero-order chi connectivity index (χ0) is 18.6. The van der Waals surface area contributed by atoms with E-state index in [1.807, 2.05) is 60.3 Å². The highest BCUT2D eigenvalue weighted by Crippen LogP contribution is 2.30. The first kappa shape index (κ1) is 17.3. The molecule has 0 saturated heterocycles. The summed E-state index contributed by atoms with van der Waals surface area (Å²) in [5, 5.41) is 7.89. The van der Waals surface area contributed by atoms with E-state index in [0.29, 0.717) is 18.1 Å². The lowest BCUT2D eigenvalue weighted by Crippen LogP contribution is -2.30. The quantitative estimate of drug-likeness (QED) is 0.754. The second-order valence-corrected chi connectivity index (χ2v) is 6.55. The summed E-state index contributed by atoms with van der Waals surface area (Å²) in [7, 11) is 0. The summed E-state index contributed by atoms with van der Waals surface area (Å²) in [5.41, 5.74) is 3.69. The normalized spacial score (nSPS) is 15.8. The Balaban J connectivity index is 1.58. The van der Waals surface area contributed by atoms with Gasteiger partial charge in [-0.25, -0.2) is 9.67 Å². The van der Waals surface area contributed by atoms with Gasteiger partial charge in [-0.15, -0.1) is 0 Å². The van der Waals surface area contributed by atoms with Gasteiger partial charge in [-0.2, -0.15) is 5.10 Å². The van der Waals surface area contributed by atoms with Crippen LogP contribution in [-0.4, -0.2) is 27.3 Å². The summed E-state index contributed by atoms with van der Waals surface area (Å²) < 4.78 is 7.33. The number of benzene rings is 1. The third-order valence-corrected chi connectivity index (χ3v) is 4.72. The summed E-state index contributed by atoms with van der Waals surface area (Å²) in [5.74, 6) is 0.529. The fraction of sp³-hybridized carbons (Fsp3) is 0.286. The van der Waals surface area contributed by atoms with E-state index in [4.69, 9.17) is 9.84 Å². The van der Waals surface area contributed by atoms with Crippen LogP contribution in [0.5, 0.6) is 5.88 Å². The molecule has 3 aromatic rings. The molecule has 1 amide bonds. The SMILES string of the molecule is CCOc1cc(-n2cc3c(n2)CCCC3NC(=O)c2ccccc2)ccn1. The number of fused-ring (bicyclic) bond motifs is 1. The molecule has 4 rings (SSSR count). The summed E-state index contributed by atoms with van der Waals surface area (Å²) >= 11 is 0. The number of carbonyl (C=O) groups excluding carboxylic acids is 1. The third kappa shape index (κ3) is 3.69. The Morgan fingerprint density at radius 2 is 2.15 bits per heavy atom. The van der Waals surface area contributed by atoms with Crippen LogP contribution < -0.4 is 10.1 Å². The Hall–Kier alpha value is -3.15. The van der Waals surface area contributed by atoms with Crippen LogP contribution in [0.2, 0.25) is 0 Å². The van der Waals surface area contributed by atoms with Crippen molar-refractivity contribution in [2.24, 2.45) is 0 Å². The molecule has 138 valence electrons. The molecule has 0 saturated carbocycles. The van der Waals surface area contributed by atoms with E-state index in [1.54, 1.807) is 6.20 Å². The maximum Gasteiger partial charge on any atom is 0.251 e. The number of aryl methyl sites for hydroxylation is 1. The van der Waals surface area contributed by atoms with Crippen molar-refractivity contribution in [2.75, 3.05) is 6.61 Å². The zero-order valence-corrected chi connectivity index (χ0v) is 15.3. The molecule has 1 aliphatic carbocycles. The first-order chi connectivity index (χ1) is 13.2. The number of amides is 1. The van der Waals surface area contributed by atoms with Gasteiger partial charge in [0.25, 0.3) is 5.91 Å². The average molecular weight is 362 g/mol. The van der Waals surface area contributed by atoms with Crippen LogP contribution in [0.15, 0.2) is 54.9 Å². The first-order valence-electron chi connectivity index (χ1n) is 9.28. The first-order valence-corrected chi connectivity index (χ1v) is 9.28. The molecule has 1 unspecified atom stereocenters. The van der Waals surface area contributed by atoms with Crippen molar-refractivity contribution >= 4 is 5.91 Å². The summed E-state index contributed by atoms with van der Waals surface area (Å²) in [6, 6.07) is 13.1. The molecular formula is C21H22N4O2. The smallest absolute Gasteiger partial charge is 0.251 e. The van der Waals surface area contributed by atoms with Crippen LogP contribution >= 0.6 is 0 Å². The summed E-state index contributed by atoms with van der Waals surface area (Å²) in [6.07, 6.45) is 6.57. The van der Waals surface area contributed by atoms with E-state index in [-0.39, 0.29) is 11.9 Å². The van der Waals surface area contributed by atoms with Crippen molar-refractivity contribution in [3.05, 3.63) is 71.7 Å². The molecule has 0 aliphatic heterocycles. The van der Waals surface area contributed by atoms with Crippen LogP contribution in [0.3, 0.4) is 0 Å². The predicted octanol–water partition coefficient (Wildman–Crippen LogP) is 3.47. The maximum absolute atomic E-state index is 12.6.